The average molecular weight is 374 g/mol. The van der Waals surface area contributed by atoms with Gasteiger partial charge < -0.3 is 13.9 Å². The normalized spacial score (nSPS) is 12.1. The molecule has 2 heterocycles. The molecule has 0 amide bonds. The number of phenols is 1. The van der Waals surface area contributed by atoms with Crippen molar-refractivity contribution in [2.45, 2.75) is 19.5 Å². The van der Waals surface area contributed by atoms with E-state index in [0.29, 0.717) is 23.0 Å². The molecule has 138 valence electrons. The predicted octanol–water partition coefficient (Wildman–Crippen LogP) is 5.49. The Morgan fingerprint density at radius 2 is 1.78 bits per heavy atom. The van der Waals surface area contributed by atoms with Gasteiger partial charge in [0.15, 0.2) is 0 Å². The molecule has 0 aliphatic rings. The van der Waals surface area contributed by atoms with Gasteiger partial charge in [-0.15, -0.1) is 0 Å². The molecular formula is C20H13F3O4. The summed E-state index contributed by atoms with van der Waals surface area (Å²) in [5, 5.41) is 10.4. The molecule has 4 nitrogen and oxygen atoms in total. The number of phenolic OH excluding ortho intramolecular Hbond substituents is 1. The van der Waals surface area contributed by atoms with E-state index in [1.807, 2.05) is 0 Å². The van der Waals surface area contributed by atoms with Gasteiger partial charge in [0.2, 0.25) is 11.2 Å². The van der Waals surface area contributed by atoms with Crippen molar-refractivity contribution in [3.63, 3.8) is 0 Å². The van der Waals surface area contributed by atoms with Crippen LogP contribution in [0, 0.1) is 0 Å². The highest BCUT2D eigenvalue weighted by atomic mass is 19.4. The number of para-hydroxylation sites is 1. The quantitative estimate of drug-likeness (QED) is 0.504. The first-order chi connectivity index (χ1) is 12.8. The van der Waals surface area contributed by atoms with E-state index >= 15 is 0 Å². The lowest BCUT2D eigenvalue weighted by Crippen LogP contribution is -2.16. The van der Waals surface area contributed by atoms with Crippen molar-refractivity contribution in [2.24, 2.45) is 0 Å². The highest BCUT2D eigenvalue weighted by Crippen LogP contribution is 2.39. The maximum Gasteiger partial charge on any atom is 0.450 e. The van der Waals surface area contributed by atoms with Crippen molar-refractivity contribution in [1.29, 1.82) is 0 Å². The first-order valence-electron chi connectivity index (χ1n) is 8.18. The Hall–Kier alpha value is -3.22. The van der Waals surface area contributed by atoms with Crippen molar-refractivity contribution in [2.75, 3.05) is 0 Å². The fourth-order valence-electron chi connectivity index (χ4n) is 3.09. The molecule has 0 aliphatic heterocycles. The third-order valence-corrected chi connectivity index (χ3v) is 4.40. The molecule has 4 rings (SSSR count). The van der Waals surface area contributed by atoms with Crippen molar-refractivity contribution in [3.8, 4) is 17.1 Å². The van der Waals surface area contributed by atoms with Gasteiger partial charge in [0, 0.05) is 11.5 Å². The van der Waals surface area contributed by atoms with Crippen molar-refractivity contribution < 1.29 is 27.1 Å². The van der Waals surface area contributed by atoms with Crippen molar-refractivity contribution in [1.82, 2.24) is 0 Å². The summed E-state index contributed by atoms with van der Waals surface area (Å²) in [6.45, 7) is 1.76. The summed E-state index contributed by atoms with van der Waals surface area (Å²) >= 11 is 0. The van der Waals surface area contributed by atoms with E-state index < -0.39 is 22.9 Å². The Bertz CT molecular complexity index is 1200. The second kappa shape index (κ2) is 5.90. The Morgan fingerprint density at radius 1 is 1.04 bits per heavy atom. The number of rotatable bonds is 2. The molecule has 2 aromatic heterocycles. The maximum atomic E-state index is 13.6. The largest absolute Gasteiger partial charge is 0.508 e. The minimum Gasteiger partial charge on any atom is -0.508 e. The van der Waals surface area contributed by atoms with Crippen LogP contribution >= 0.6 is 0 Å². The summed E-state index contributed by atoms with van der Waals surface area (Å²) in [5.74, 6) is -1.90. The second-order valence-corrected chi connectivity index (χ2v) is 6.11. The van der Waals surface area contributed by atoms with E-state index in [1.165, 1.54) is 12.1 Å². The lowest BCUT2D eigenvalue weighted by Gasteiger charge is -2.12. The lowest BCUT2D eigenvalue weighted by molar-refractivity contribution is -0.152. The fraction of sp³-hybridized carbons (Fsp3) is 0.150. The molecule has 0 fully saturated rings. The van der Waals surface area contributed by atoms with Crippen LogP contribution in [-0.2, 0) is 12.6 Å². The summed E-state index contributed by atoms with van der Waals surface area (Å²) in [6, 6.07) is 10.4. The maximum absolute atomic E-state index is 13.6. The Balaban J connectivity index is 2.12. The molecule has 0 aliphatic carbocycles. The Morgan fingerprint density at radius 3 is 2.44 bits per heavy atom. The number of fused-ring (bicyclic) bond motifs is 2. The van der Waals surface area contributed by atoms with Crippen LogP contribution in [0.5, 0.6) is 5.75 Å². The molecule has 1 N–H and O–H groups in total. The average Bonchev–Trinajstić information content (AvgIpc) is 3.03. The molecule has 7 heteroatoms. The smallest absolute Gasteiger partial charge is 0.450 e. The van der Waals surface area contributed by atoms with E-state index in [0.717, 1.165) is 6.07 Å². The topological polar surface area (TPSA) is 63.6 Å². The minimum atomic E-state index is -4.92. The molecule has 0 atom stereocenters. The van der Waals surface area contributed by atoms with Crippen LogP contribution in [0.25, 0.3) is 33.3 Å². The molecule has 0 bridgehead atoms. The number of aromatic hydroxyl groups is 1. The van der Waals surface area contributed by atoms with Gasteiger partial charge in [-0.3, -0.25) is 4.79 Å². The number of halogens is 3. The van der Waals surface area contributed by atoms with Gasteiger partial charge in [-0.25, -0.2) is 0 Å². The summed E-state index contributed by atoms with van der Waals surface area (Å²) < 4.78 is 51.3. The van der Waals surface area contributed by atoms with Crippen molar-refractivity contribution >= 4 is 21.9 Å². The molecule has 0 unspecified atom stereocenters. The van der Waals surface area contributed by atoms with Gasteiger partial charge in [0.05, 0.1) is 5.39 Å². The number of aryl methyl sites for hydroxylation is 1. The van der Waals surface area contributed by atoms with Gasteiger partial charge in [0.25, 0.3) is 0 Å². The van der Waals surface area contributed by atoms with Gasteiger partial charge in [0.1, 0.15) is 28.2 Å². The highest BCUT2D eigenvalue weighted by Gasteiger charge is 2.40. The standard InChI is InChI=1S/C20H13F3O4/c1-2-10-7-12-15(9-13(10)24)27-19(20(21,22)23)17(18(12)25)16-8-11-5-3-4-6-14(11)26-16/h3-9,24H,2H2,1H3. The lowest BCUT2D eigenvalue weighted by atomic mass is 10.0. The zero-order chi connectivity index (χ0) is 19.3. The molecule has 0 saturated heterocycles. The molecular weight excluding hydrogens is 361 g/mol. The zero-order valence-corrected chi connectivity index (χ0v) is 14.1. The monoisotopic (exact) mass is 374 g/mol. The molecule has 4 aromatic rings. The Labute approximate surface area is 150 Å². The van der Waals surface area contributed by atoms with E-state index in [-0.39, 0.29) is 22.5 Å². The summed E-state index contributed by atoms with van der Waals surface area (Å²) in [7, 11) is 0. The van der Waals surface area contributed by atoms with Crippen LogP contribution in [0.3, 0.4) is 0 Å². The first kappa shape index (κ1) is 17.2. The van der Waals surface area contributed by atoms with Crippen LogP contribution in [0.2, 0.25) is 0 Å². The number of alkyl halides is 3. The summed E-state index contributed by atoms with van der Waals surface area (Å²) in [6.07, 6.45) is -4.51. The summed E-state index contributed by atoms with van der Waals surface area (Å²) in [5.41, 5.74) is -1.08. The van der Waals surface area contributed by atoms with Crippen LogP contribution in [0.4, 0.5) is 13.2 Å². The molecule has 0 radical (unpaired) electrons. The summed E-state index contributed by atoms with van der Waals surface area (Å²) in [4.78, 5) is 13.0. The van der Waals surface area contributed by atoms with Gasteiger partial charge in [-0.2, -0.15) is 13.2 Å². The fourth-order valence-corrected chi connectivity index (χ4v) is 3.09. The molecule has 2 aromatic carbocycles. The van der Waals surface area contributed by atoms with E-state index in [4.69, 9.17) is 8.83 Å². The zero-order valence-electron chi connectivity index (χ0n) is 14.1. The van der Waals surface area contributed by atoms with Gasteiger partial charge in [-0.1, -0.05) is 25.1 Å². The van der Waals surface area contributed by atoms with Crippen molar-refractivity contribution in [3.05, 3.63) is 64.0 Å². The SMILES string of the molecule is CCc1cc2c(=O)c(-c3cc4ccccc4o3)c(C(F)(F)F)oc2cc1O. The molecule has 27 heavy (non-hydrogen) atoms. The highest BCUT2D eigenvalue weighted by molar-refractivity contribution is 5.87. The van der Waals surface area contributed by atoms with Gasteiger partial charge in [-0.05, 0) is 30.2 Å². The second-order valence-electron chi connectivity index (χ2n) is 6.11. The van der Waals surface area contributed by atoms with E-state index in [9.17, 15) is 23.1 Å². The van der Waals surface area contributed by atoms with Crippen LogP contribution in [-0.4, -0.2) is 5.11 Å². The van der Waals surface area contributed by atoms with E-state index in [1.54, 1.807) is 31.2 Å². The number of benzene rings is 2. The third kappa shape index (κ3) is 2.75. The van der Waals surface area contributed by atoms with Crippen LogP contribution in [0.1, 0.15) is 18.2 Å². The number of hydrogen-bond donors (Lipinski definition) is 1. The predicted molar refractivity (Wildman–Crippen MR) is 93.7 cm³/mol. The molecule has 0 saturated carbocycles. The third-order valence-electron chi connectivity index (χ3n) is 4.40. The number of furan rings is 1. The van der Waals surface area contributed by atoms with Crippen LogP contribution < -0.4 is 5.43 Å². The van der Waals surface area contributed by atoms with Crippen LogP contribution in [0.15, 0.2) is 56.1 Å². The van der Waals surface area contributed by atoms with E-state index in [2.05, 4.69) is 0 Å². The first-order valence-corrected chi connectivity index (χ1v) is 8.18. The number of hydrogen-bond acceptors (Lipinski definition) is 4. The minimum absolute atomic E-state index is 0.0480. The molecule has 0 spiro atoms. The van der Waals surface area contributed by atoms with Gasteiger partial charge >= 0.3 is 6.18 Å². The Kier molecular flexibility index (Phi) is 3.76.